The fourth-order valence-electron chi connectivity index (χ4n) is 3.15. The van der Waals surface area contributed by atoms with E-state index in [0.717, 1.165) is 5.56 Å². The van der Waals surface area contributed by atoms with Gasteiger partial charge < -0.3 is 4.74 Å². The third kappa shape index (κ3) is 5.33. The van der Waals surface area contributed by atoms with Gasteiger partial charge in [-0.15, -0.1) is 0 Å². The first-order chi connectivity index (χ1) is 11.0. The van der Waals surface area contributed by atoms with Crippen molar-refractivity contribution in [3.8, 4) is 6.07 Å². The fourth-order valence-corrected chi connectivity index (χ4v) is 4.86. The Bertz CT molecular complexity index is 628. The van der Waals surface area contributed by atoms with Crippen molar-refractivity contribution >= 4 is 9.84 Å². The zero-order chi connectivity index (χ0) is 16.8. The largest absolute Gasteiger partial charge is 0.381 e. The first kappa shape index (κ1) is 18.0. The molecule has 5 heteroatoms. The topological polar surface area (TPSA) is 67.2 Å². The van der Waals surface area contributed by atoms with E-state index in [0.29, 0.717) is 38.9 Å². The Balaban J connectivity index is 1.85. The quantitative estimate of drug-likeness (QED) is 0.767. The molecular formula is C18H25NO3S. The standard InChI is InChI=1S/C18H25NO3S/c1-16(17-6-3-2-4-7-17)14-23(20,21)13-5-8-18(15-19)9-11-22-12-10-18/h2-4,6-7,16H,5,8-14H2,1H3. The second-order valence-corrected chi connectivity index (χ2v) is 8.76. The van der Waals surface area contributed by atoms with Gasteiger partial charge in [0.05, 0.1) is 23.0 Å². The molecule has 1 fully saturated rings. The fraction of sp³-hybridized carbons (Fsp3) is 0.611. The SMILES string of the molecule is CC(CS(=O)(=O)CCCC1(C#N)CCOCC1)c1ccccc1. The maximum Gasteiger partial charge on any atom is 0.150 e. The van der Waals surface area contributed by atoms with E-state index in [1.54, 1.807) is 0 Å². The smallest absolute Gasteiger partial charge is 0.150 e. The summed E-state index contributed by atoms with van der Waals surface area (Å²) in [5.74, 6) is 0.322. The summed E-state index contributed by atoms with van der Waals surface area (Å²) >= 11 is 0. The molecule has 126 valence electrons. The highest BCUT2D eigenvalue weighted by Gasteiger charge is 2.32. The van der Waals surface area contributed by atoms with Gasteiger partial charge in [0.1, 0.15) is 0 Å². The summed E-state index contributed by atoms with van der Waals surface area (Å²) in [7, 11) is -3.11. The predicted octanol–water partition coefficient (Wildman–Crippen LogP) is 3.31. The minimum atomic E-state index is -3.11. The molecule has 1 heterocycles. The highest BCUT2D eigenvalue weighted by molar-refractivity contribution is 7.91. The maximum absolute atomic E-state index is 12.3. The Morgan fingerprint density at radius 1 is 1.26 bits per heavy atom. The molecule has 1 aliphatic rings. The molecule has 4 nitrogen and oxygen atoms in total. The monoisotopic (exact) mass is 335 g/mol. The van der Waals surface area contributed by atoms with Gasteiger partial charge in [-0.25, -0.2) is 8.42 Å². The van der Waals surface area contributed by atoms with Gasteiger partial charge >= 0.3 is 0 Å². The van der Waals surface area contributed by atoms with Crippen LogP contribution in [0, 0.1) is 16.7 Å². The molecule has 0 bridgehead atoms. The van der Waals surface area contributed by atoms with Gasteiger partial charge in [-0.05, 0) is 37.2 Å². The molecule has 1 saturated heterocycles. The van der Waals surface area contributed by atoms with E-state index in [9.17, 15) is 13.7 Å². The summed E-state index contributed by atoms with van der Waals surface area (Å²) in [5, 5.41) is 9.41. The van der Waals surface area contributed by atoms with Crippen LogP contribution < -0.4 is 0 Å². The third-order valence-electron chi connectivity index (χ3n) is 4.67. The van der Waals surface area contributed by atoms with Crippen molar-refractivity contribution in [3.05, 3.63) is 35.9 Å². The van der Waals surface area contributed by atoms with Crippen molar-refractivity contribution in [3.63, 3.8) is 0 Å². The first-order valence-electron chi connectivity index (χ1n) is 8.21. The van der Waals surface area contributed by atoms with Crippen LogP contribution in [0.1, 0.15) is 44.1 Å². The molecule has 0 aromatic heterocycles. The zero-order valence-electron chi connectivity index (χ0n) is 13.7. The lowest BCUT2D eigenvalue weighted by Crippen LogP contribution is -2.29. The number of hydrogen-bond acceptors (Lipinski definition) is 4. The number of nitrogens with zero attached hydrogens (tertiary/aromatic N) is 1. The van der Waals surface area contributed by atoms with Crippen molar-refractivity contribution < 1.29 is 13.2 Å². The van der Waals surface area contributed by atoms with Gasteiger partial charge in [0, 0.05) is 13.2 Å². The summed E-state index contributed by atoms with van der Waals surface area (Å²) in [6.45, 7) is 3.15. The molecule has 1 aliphatic heterocycles. The van der Waals surface area contributed by atoms with Crippen LogP contribution in [0.4, 0.5) is 0 Å². The molecule has 0 amide bonds. The van der Waals surface area contributed by atoms with Crippen molar-refractivity contribution in [1.29, 1.82) is 5.26 Å². The molecule has 0 N–H and O–H groups in total. The summed E-state index contributed by atoms with van der Waals surface area (Å²) in [4.78, 5) is 0. The van der Waals surface area contributed by atoms with E-state index in [1.807, 2.05) is 37.3 Å². The molecule has 0 radical (unpaired) electrons. The van der Waals surface area contributed by atoms with Gasteiger partial charge in [-0.3, -0.25) is 0 Å². The summed E-state index contributed by atoms with van der Waals surface area (Å²) < 4.78 is 30.0. The van der Waals surface area contributed by atoms with Crippen LogP contribution in [0.2, 0.25) is 0 Å². The molecule has 1 atom stereocenters. The number of ether oxygens (including phenoxy) is 1. The zero-order valence-corrected chi connectivity index (χ0v) is 14.5. The molecule has 2 rings (SSSR count). The molecule has 0 spiro atoms. The van der Waals surface area contributed by atoms with E-state index in [2.05, 4.69) is 6.07 Å². The Morgan fingerprint density at radius 3 is 2.52 bits per heavy atom. The van der Waals surface area contributed by atoms with E-state index >= 15 is 0 Å². The highest BCUT2D eigenvalue weighted by atomic mass is 32.2. The highest BCUT2D eigenvalue weighted by Crippen LogP contribution is 2.34. The minimum Gasteiger partial charge on any atom is -0.381 e. The average molecular weight is 335 g/mol. The molecule has 0 aliphatic carbocycles. The number of hydrogen-bond donors (Lipinski definition) is 0. The summed E-state index contributed by atoms with van der Waals surface area (Å²) in [5.41, 5.74) is 0.660. The number of sulfone groups is 1. The van der Waals surface area contributed by atoms with Crippen molar-refractivity contribution in [1.82, 2.24) is 0 Å². The maximum atomic E-state index is 12.3. The van der Waals surface area contributed by atoms with E-state index in [-0.39, 0.29) is 17.4 Å². The molecule has 23 heavy (non-hydrogen) atoms. The average Bonchev–Trinajstić information content (AvgIpc) is 2.56. The lowest BCUT2D eigenvalue weighted by molar-refractivity contribution is 0.0368. The lowest BCUT2D eigenvalue weighted by Gasteiger charge is -2.30. The second-order valence-electron chi connectivity index (χ2n) is 6.53. The Kier molecular flexibility index (Phi) is 6.20. The summed E-state index contributed by atoms with van der Waals surface area (Å²) in [6.07, 6.45) is 2.62. The third-order valence-corrected chi connectivity index (χ3v) is 6.59. The van der Waals surface area contributed by atoms with Crippen LogP contribution in [0.25, 0.3) is 0 Å². The van der Waals surface area contributed by atoms with Crippen molar-refractivity contribution in [2.45, 2.75) is 38.5 Å². The van der Waals surface area contributed by atoms with Crippen molar-refractivity contribution in [2.75, 3.05) is 24.7 Å². The van der Waals surface area contributed by atoms with Gasteiger partial charge in [0.2, 0.25) is 0 Å². The molecule has 0 saturated carbocycles. The summed E-state index contributed by atoms with van der Waals surface area (Å²) in [6, 6.07) is 12.1. The molecule has 1 aromatic carbocycles. The second kappa shape index (κ2) is 7.94. The lowest BCUT2D eigenvalue weighted by atomic mass is 9.78. The minimum absolute atomic E-state index is 0.00536. The van der Waals surface area contributed by atoms with Crippen LogP contribution in [0.5, 0.6) is 0 Å². The molecular weight excluding hydrogens is 310 g/mol. The molecule has 1 unspecified atom stereocenters. The number of benzene rings is 1. The van der Waals surface area contributed by atoms with Crippen LogP contribution in [-0.2, 0) is 14.6 Å². The first-order valence-corrected chi connectivity index (χ1v) is 10.0. The van der Waals surface area contributed by atoms with Gasteiger partial charge in [0.25, 0.3) is 0 Å². The number of rotatable bonds is 7. The normalized spacial score (nSPS) is 19.0. The van der Waals surface area contributed by atoms with Crippen LogP contribution in [0.15, 0.2) is 30.3 Å². The van der Waals surface area contributed by atoms with Crippen LogP contribution >= 0.6 is 0 Å². The van der Waals surface area contributed by atoms with E-state index in [4.69, 9.17) is 4.74 Å². The molecule has 1 aromatic rings. The number of nitriles is 1. The van der Waals surface area contributed by atoms with Crippen LogP contribution in [-0.4, -0.2) is 33.1 Å². The van der Waals surface area contributed by atoms with Crippen LogP contribution in [0.3, 0.4) is 0 Å². The van der Waals surface area contributed by atoms with Gasteiger partial charge in [-0.2, -0.15) is 5.26 Å². The van der Waals surface area contributed by atoms with E-state index in [1.165, 1.54) is 0 Å². The predicted molar refractivity (Wildman–Crippen MR) is 90.8 cm³/mol. The van der Waals surface area contributed by atoms with Gasteiger partial charge in [-0.1, -0.05) is 37.3 Å². The van der Waals surface area contributed by atoms with Crippen molar-refractivity contribution in [2.24, 2.45) is 5.41 Å². The Hall–Kier alpha value is -1.38. The Labute approximate surface area is 139 Å². The van der Waals surface area contributed by atoms with E-state index < -0.39 is 15.3 Å². The Morgan fingerprint density at radius 2 is 1.91 bits per heavy atom. The van der Waals surface area contributed by atoms with Gasteiger partial charge in [0.15, 0.2) is 9.84 Å².